The molecule has 0 radical (unpaired) electrons. The number of hydrogen-bond acceptors (Lipinski definition) is 3. The summed E-state index contributed by atoms with van der Waals surface area (Å²) in [7, 11) is 1.62. The molecule has 5 rings (SSSR count). The van der Waals surface area contributed by atoms with E-state index >= 15 is 0 Å². The molecule has 6 heteroatoms. The number of aromatic amines is 2. The molecular formula is C20H17N3O3. The summed E-state index contributed by atoms with van der Waals surface area (Å²) in [6.07, 6.45) is 0.497. The van der Waals surface area contributed by atoms with Crippen molar-refractivity contribution in [3.63, 3.8) is 0 Å². The predicted molar refractivity (Wildman–Crippen MR) is 98.1 cm³/mol. The zero-order chi connectivity index (χ0) is 17.8. The van der Waals surface area contributed by atoms with Crippen LogP contribution in [0.1, 0.15) is 28.6 Å². The van der Waals surface area contributed by atoms with E-state index in [2.05, 4.69) is 16.0 Å². The third kappa shape index (κ3) is 1.95. The van der Waals surface area contributed by atoms with Crippen molar-refractivity contribution in [1.82, 2.24) is 14.5 Å². The first-order valence-corrected chi connectivity index (χ1v) is 8.43. The van der Waals surface area contributed by atoms with Gasteiger partial charge in [-0.1, -0.05) is 30.3 Å². The first-order valence-electron chi connectivity index (χ1n) is 8.43. The summed E-state index contributed by atoms with van der Waals surface area (Å²) in [6.45, 7) is 0. The maximum absolute atomic E-state index is 12.5. The second-order valence-corrected chi connectivity index (χ2v) is 6.51. The van der Waals surface area contributed by atoms with Crippen LogP contribution in [0.25, 0.3) is 10.9 Å². The van der Waals surface area contributed by atoms with Gasteiger partial charge in [-0.25, -0.2) is 4.79 Å². The van der Waals surface area contributed by atoms with Crippen molar-refractivity contribution >= 4 is 10.9 Å². The third-order valence-electron chi connectivity index (χ3n) is 5.16. The first-order chi connectivity index (χ1) is 12.7. The Bertz CT molecular complexity index is 1180. The monoisotopic (exact) mass is 347 g/mol. The molecule has 0 unspecified atom stereocenters. The number of benzene rings is 2. The lowest BCUT2D eigenvalue weighted by Gasteiger charge is -2.26. The van der Waals surface area contributed by atoms with E-state index in [1.54, 1.807) is 11.7 Å². The highest BCUT2D eigenvalue weighted by Gasteiger charge is 2.33. The normalized spacial score (nSPS) is 15.7. The molecule has 0 aliphatic carbocycles. The van der Waals surface area contributed by atoms with Crippen LogP contribution in [0.2, 0.25) is 0 Å². The molecule has 0 fully saturated rings. The number of fused-ring (bicyclic) bond motifs is 4. The van der Waals surface area contributed by atoms with Crippen LogP contribution in [0.5, 0.6) is 11.6 Å². The fourth-order valence-corrected chi connectivity index (χ4v) is 3.96. The van der Waals surface area contributed by atoms with Crippen LogP contribution in [-0.2, 0) is 6.42 Å². The minimum Gasteiger partial charge on any atom is -0.497 e. The summed E-state index contributed by atoms with van der Waals surface area (Å²) < 4.78 is 6.88. The number of methoxy groups -OCH3 is 1. The van der Waals surface area contributed by atoms with Crippen molar-refractivity contribution in [1.29, 1.82) is 0 Å². The van der Waals surface area contributed by atoms with Crippen LogP contribution >= 0.6 is 0 Å². The first kappa shape index (κ1) is 14.9. The largest absolute Gasteiger partial charge is 0.497 e. The van der Waals surface area contributed by atoms with E-state index in [1.165, 1.54) is 0 Å². The molecule has 0 amide bonds. The molecule has 0 spiro atoms. The summed E-state index contributed by atoms with van der Waals surface area (Å²) in [6, 6.07) is 15.4. The fraction of sp³-hybridized carbons (Fsp3) is 0.150. The Morgan fingerprint density at radius 1 is 1.12 bits per heavy atom. The molecule has 1 atom stereocenters. The van der Waals surface area contributed by atoms with Crippen LogP contribution < -0.4 is 10.4 Å². The number of hydrogen-bond donors (Lipinski definition) is 3. The average molecular weight is 347 g/mol. The van der Waals surface area contributed by atoms with Crippen molar-refractivity contribution in [2.75, 3.05) is 7.11 Å². The zero-order valence-corrected chi connectivity index (χ0v) is 14.1. The number of nitrogens with zero attached hydrogens (tertiary/aromatic N) is 1. The lowest BCUT2D eigenvalue weighted by Crippen LogP contribution is -2.29. The summed E-state index contributed by atoms with van der Waals surface area (Å²) in [5, 5.41) is 11.4. The lowest BCUT2D eigenvalue weighted by molar-refractivity contribution is 0.414. The number of aromatic nitrogens is 3. The van der Waals surface area contributed by atoms with Gasteiger partial charge < -0.3 is 14.8 Å². The van der Waals surface area contributed by atoms with Crippen LogP contribution in [0.3, 0.4) is 0 Å². The zero-order valence-electron chi connectivity index (χ0n) is 14.1. The van der Waals surface area contributed by atoms with Crippen LogP contribution in [0.4, 0.5) is 0 Å². The van der Waals surface area contributed by atoms with Crippen molar-refractivity contribution in [3.8, 4) is 11.6 Å². The second kappa shape index (κ2) is 5.29. The Kier molecular flexibility index (Phi) is 3.03. The van der Waals surface area contributed by atoms with E-state index in [1.807, 2.05) is 42.5 Å². The summed E-state index contributed by atoms with van der Waals surface area (Å²) >= 11 is 0. The van der Waals surface area contributed by atoms with Gasteiger partial charge in [0.2, 0.25) is 5.88 Å². The molecule has 26 heavy (non-hydrogen) atoms. The lowest BCUT2D eigenvalue weighted by atomic mass is 9.93. The highest BCUT2D eigenvalue weighted by molar-refractivity contribution is 5.86. The van der Waals surface area contributed by atoms with Gasteiger partial charge in [-0.3, -0.25) is 9.55 Å². The van der Waals surface area contributed by atoms with E-state index in [-0.39, 0.29) is 17.6 Å². The molecule has 3 N–H and O–H groups in total. The van der Waals surface area contributed by atoms with Gasteiger partial charge in [0.05, 0.1) is 12.8 Å². The van der Waals surface area contributed by atoms with Gasteiger partial charge in [-0.05, 0) is 29.3 Å². The summed E-state index contributed by atoms with van der Waals surface area (Å²) in [5.74, 6) is 0.690. The number of imidazole rings is 1. The highest BCUT2D eigenvalue weighted by Crippen LogP contribution is 2.40. The van der Waals surface area contributed by atoms with Crippen LogP contribution in [0.15, 0.2) is 53.3 Å². The summed E-state index contributed by atoms with van der Waals surface area (Å²) in [4.78, 5) is 18.5. The average Bonchev–Trinajstić information content (AvgIpc) is 3.18. The van der Waals surface area contributed by atoms with Gasteiger partial charge >= 0.3 is 5.69 Å². The van der Waals surface area contributed by atoms with Crippen LogP contribution in [0, 0.1) is 0 Å². The topological polar surface area (TPSA) is 83.0 Å². The van der Waals surface area contributed by atoms with E-state index in [9.17, 15) is 9.90 Å². The molecule has 6 nitrogen and oxygen atoms in total. The molecule has 130 valence electrons. The summed E-state index contributed by atoms with van der Waals surface area (Å²) in [5.41, 5.74) is 4.34. The maximum atomic E-state index is 12.5. The SMILES string of the molecule is COc1ccc([C@H]2c3[nH]c4ccccc4c3Cc3c(O)[nH]c(=O)n32)cc1. The van der Waals surface area contributed by atoms with Crippen molar-refractivity contribution in [3.05, 3.63) is 81.5 Å². The minimum absolute atomic E-state index is 0.0653. The molecule has 0 saturated heterocycles. The second-order valence-electron chi connectivity index (χ2n) is 6.51. The van der Waals surface area contributed by atoms with E-state index in [4.69, 9.17) is 4.74 Å². The fourth-order valence-electron chi connectivity index (χ4n) is 3.96. The third-order valence-corrected chi connectivity index (χ3v) is 5.16. The van der Waals surface area contributed by atoms with E-state index < -0.39 is 0 Å². The number of nitrogens with one attached hydrogen (secondary N) is 2. The number of aromatic hydroxyl groups is 1. The Hall–Kier alpha value is -3.41. The molecule has 2 aromatic carbocycles. The molecule has 4 aromatic rings. The Balaban J connectivity index is 1.81. The molecule has 1 aliphatic heterocycles. The molecule has 0 bridgehead atoms. The Labute approximate surface area is 148 Å². The van der Waals surface area contributed by atoms with Crippen molar-refractivity contribution < 1.29 is 9.84 Å². The maximum Gasteiger partial charge on any atom is 0.329 e. The minimum atomic E-state index is -0.336. The van der Waals surface area contributed by atoms with Gasteiger partial charge in [-0.15, -0.1) is 0 Å². The van der Waals surface area contributed by atoms with E-state index in [0.29, 0.717) is 12.1 Å². The smallest absolute Gasteiger partial charge is 0.329 e. The van der Waals surface area contributed by atoms with Gasteiger partial charge in [0, 0.05) is 23.0 Å². The number of H-pyrrole nitrogens is 2. The Morgan fingerprint density at radius 2 is 1.88 bits per heavy atom. The highest BCUT2D eigenvalue weighted by atomic mass is 16.5. The number of rotatable bonds is 2. The predicted octanol–water partition coefficient (Wildman–Crippen LogP) is 2.91. The Morgan fingerprint density at radius 3 is 2.65 bits per heavy atom. The van der Waals surface area contributed by atoms with Gasteiger partial charge in [0.1, 0.15) is 11.8 Å². The van der Waals surface area contributed by atoms with Gasteiger partial charge in [-0.2, -0.15) is 0 Å². The van der Waals surface area contributed by atoms with Crippen molar-refractivity contribution in [2.24, 2.45) is 0 Å². The quantitative estimate of drug-likeness (QED) is 0.459. The van der Waals surface area contributed by atoms with Crippen LogP contribution in [-0.4, -0.2) is 26.8 Å². The standard InChI is InChI=1S/C20H17N3O3/c1-26-12-8-6-11(7-9-12)18-17-14(13-4-2-3-5-15(13)21-17)10-16-19(24)22-20(25)23(16)18/h2-9,18,21,24H,10H2,1H3,(H,22,25)/t18-/m0/s1. The molecule has 1 aliphatic rings. The number of para-hydroxylation sites is 1. The molecule has 0 saturated carbocycles. The van der Waals surface area contributed by atoms with E-state index in [0.717, 1.165) is 33.5 Å². The number of ether oxygens (including phenoxy) is 1. The van der Waals surface area contributed by atoms with Gasteiger partial charge in [0.25, 0.3) is 0 Å². The molecule has 2 aromatic heterocycles. The molecule has 3 heterocycles. The van der Waals surface area contributed by atoms with Gasteiger partial charge in [0.15, 0.2) is 0 Å². The van der Waals surface area contributed by atoms with Crippen molar-refractivity contribution in [2.45, 2.75) is 12.5 Å². The molecular weight excluding hydrogens is 330 g/mol.